The van der Waals surface area contributed by atoms with E-state index in [-0.39, 0.29) is 0 Å². The summed E-state index contributed by atoms with van der Waals surface area (Å²) in [5, 5.41) is 3.54. The van der Waals surface area contributed by atoms with Crippen LogP contribution in [0.2, 0.25) is 0 Å². The molecule has 0 fully saturated rings. The van der Waals surface area contributed by atoms with Gasteiger partial charge < -0.3 is 10.2 Å². The number of rotatable bonds is 4. The Balaban J connectivity index is 2.13. The van der Waals surface area contributed by atoms with E-state index in [0.717, 1.165) is 25.2 Å². The van der Waals surface area contributed by atoms with Gasteiger partial charge in [0.2, 0.25) is 0 Å². The first kappa shape index (κ1) is 13.3. The predicted molar refractivity (Wildman–Crippen MR) is 74.9 cm³/mol. The van der Waals surface area contributed by atoms with Crippen molar-refractivity contribution in [2.24, 2.45) is 0 Å². The maximum Gasteiger partial charge on any atom is 0.133 e. The number of hydrogen-bond acceptors (Lipinski definition) is 4. The highest BCUT2D eigenvalue weighted by Gasteiger charge is 2.15. The first-order chi connectivity index (χ1) is 8.66. The van der Waals surface area contributed by atoms with E-state index in [4.69, 9.17) is 0 Å². The van der Waals surface area contributed by atoms with Gasteiger partial charge in [-0.1, -0.05) is 6.42 Å². The van der Waals surface area contributed by atoms with Gasteiger partial charge in [-0.25, -0.2) is 9.97 Å². The summed E-state index contributed by atoms with van der Waals surface area (Å²) in [6, 6.07) is 0.405. The highest BCUT2D eigenvalue weighted by molar-refractivity contribution is 5.47. The molecule has 1 heterocycles. The average Bonchev–Trinajstić information content (AvgIpc) is 2.53. The number of anilines is 1. The lowest BCUT2D eigenvalue weighted by atomic mass is 10.1. The third-order valence-corrected chi connectivity index (χ3v) is 3.40. The van der Waals surface area contributed by atoms with Crippen LogP contribution in [0.15, 0.2) is 6.33 Å². The van der Waals surface area contributed by atoms with Crippen LogP contribution < -0.4 is 5.32 Å². The Morgan fingerprint density at radius 1 is 1.22 bits per heavy atom. The van der Waals surface area contributed by atoms with Crippen LogP contribution in [-0.2, 0) is 12.8 Å². The highest BCUT2D eigenvalue weighted by atomic mass is 15.1. The predicted octanol–water partition coefficient (Wildman–Crippen LogP) is 2.11. The summed E-state index contributed by atoms with van der Waals surface area (Å²) in [5.74, 6) is 1.05. The molecular formula is C14H24N4. The standard InChI is InChI=1S/C14H24N4/c1-11(9-18(2)3)17-14-12-7-5-4-6-8-13(12)15-10-16-14/h10-11H,4-9H2,1-3H3,(H,15,16,17). The Morgan fingerprint density at radius 2 is 2.00 bits per heavy atom. The van der Waals surface area contributed by atoms with Crippen LogP contribution in [0.3, 0.4) is 0 Å². The second-order valence-corrected chi connectivity index (χ2v) is 5.52. The van der Waals surface area contributed by atoms with Gasteiger partial charge in [0.25, 0.3) is 0 Å². The van der Waals surface area contributed by atoms with E-state index in [2.05, 4.69) is 41.2 Å². The molecule has 0 bridgehead atoms. The molecule has 1 atom stereocenters. The van der Waals surface area contributed by atoms with Crippen LogP contribution in [0.5, 0.6) is 0 Å². The van der Waals surface area contributed by atoms with Gasteiger partial charge in [-0.15, -0.1) is 0 Å². The fraction of sp³-hybridized carbons (Fsp3) is 0.714. The van der Waals surface area contributed by atoms with Crippen molar-refractivity contribution in [2.45, 2.75) is 45.1 Å². The lowest BCUT2D eigenvalue weighted by Gasteiger charge is -2.20. The van der Waals surface area contributed by atoms with Crippen molar-refractivity contribution in [3.8, 4) is 0 Å². The van der Waals surface area contributed by atoms with E-state index in [1.165, 1.54) is 30.5 Å². The Morgan fingerprint density at radius 3 is 2.78 bits per heavy atom. The van der Waals surface area contributed by atoms with Gasteiger partial charge in [0.1, 0.15) is 12.1 Å². The first-order valence-electron chi connectivity index (χ1n) is 6.91. The average molecular weight is 248 g/mol. The topological polar surface area (TPSA) is 41.0 Å². The van der Waals surface area contributed by atoms with Crippen LogP contribution in [0.25, 0.3) is 0 Å². The molecule has 18 heavy (non-hydrogen) atoms. The summed E-state index contributed by atoms with van der Waals surface area (Å²) < 4.78 is 0. The third-order valence-electron chi connectivity index (χ3n) is 3.40. The van der Waals surface area contributed by atoms with E-state index in [1.54, 1.807) is 6.33 Å². The van der Waals surface area contributed by atoms with Gasteiger partial charge >= 0.3 is 0 Å². The molecular weight excluding hydrogens is 224 g/mol. The van der Waals surface area contributed by atoms with Crippen LogP contribution >= 0.6 is 0 Å². The van der Waals surface area contributed by atoms with Crippen LogP contribution in [-0.4, -0.2) is 41.5 Å². The molecule has 2 rings (SSSR count). The highest BCUT2D eigenvalue weighted by Crippen LogP contribution is 2.24. The number of likely N-dealkylation sites (N-methyl/N-ethyl adjacent to an activating group) is 1. The van der Waals surface area contributed by atoms with E-state index in [1.807, 2.05) is 0 Å². The normalized spacial score (nSPS) is 17.1. The molecule has 0 spiro atoms. The largest absolute Gasteiger partial charge is 0.366 e. The summed E-state index contributed by atoms with van der Waals surface area (Å²) in [4.78, 5) is 11.1. The number of aromatic nitrogens is 2. The molecule has 0 amide bonds. The van der Waals surface area contributed by atoms with Gasteiger partial charge in [0.15, 0.2) is 0 Å². The monoisotopic (exact) mass is 248 g/mol. The molecule has 0 saturated carbocycles. The van der Waals surface area contributed by atoms with Gasteiger partial charge in [0.05, 0.1) is 0 Å². The Bertz CT molecular complexity index is 389. The maximum absolute atomic E-state index is 4.45. The summed E-state index contributed by atoms with van der Waals surface area (Å²) in [6.45, 7) is 3.21. The van der Waals surface area contributed by atoms with Gasteiger partial charge in [-0.3, -0.25) is 0 Å². The first-order valence-corrected chi connectivity index (χ1v) is 6.91. The third kappa shape index (κ3) is 3.42. The summed E-state index contributed by atoms with van der Waals surface area (Å²) in [5.41, 5.74) is 2.60. The minimum absolute atomic E-state index is 0.405. The van der Waals surface area contributed by atoms with Crippen molar-refractivity contribution in [1.29, 1.82) is 0 Å². The van der Waals surface area contributed by atoms with Gasteiger partial charge in [-0.05, 0) is 46.7 Å². The molecule has 0 radical (unpaired) electrons. The van der Waals surface area contributed by atoms with Crippen molar-refractivity contribution < 1.29 is 0 Å². The summed E-state index contributed by atoms with van der Waals surface area (Å²) >= 11 is 0. The minimum Gasteiger partial charge on any atom is -0.366 e. The number of aryl methyl sites for hydroxylation is 1. The van der Waals surface area contributed by atoms with E-state index < -0.39 is 0 Å². The number of fused-ring (bicyclic) bond motifs is 1. The smallest absolute Gasteiger partial charge is 0.133 e. The molecule has 0 aromatic carbocycles. The van der Waals surface area contributed by atoms with Crippen LogP contribution in [0, 0.1) is 0 Å². The molecule has 0 aliphatic heterocycles. The van der Waals surface area contributed by atoms with Crippen molar-refractivity contribution in [1.82, 2.24) is 14.9 Å². The Hall–Kier alpha value is -1.16. The Kier molecular flexibility index (Phi) is 4.53. The zero-order valence-electron chi connectivity index (χ0n) is 11.7. The molecule has 1 aromatic heterocycles. The molecule has 1 aromatic rings. The zero-order chi connectivity index (χ0) is 13.0. The maximum atomic E-state index is 4.45. The van der Waals surface area contributed by atoms with E-state index in [0.29, 0.717) is 6.04 Å². The van der Waals surface area contributed by atoms with Crippen molar-refractivity contribution in [3.63, 3.8) is 0 Å². The molecule has 4 nitrogen and oxygen atoms in total. The number of hydrogen-bond donors (Lipinski definition) is 1. The molecule has 1 unspecified atom stereocenters. The van der Waals surface area contributed by atoms with Crippen molar-refractivity contribution >= 4 is 5.82 Å². The molecule has 1 N–H and O–H groups in total. The second-order valence-electron chi connectivity index (χ2n) is 5.52. The SMILES string of the molecule is CC(CN(C)C)Nc1ncnc2c1CCCCC2. The molecule has 1 aliphatic rings. The van der Waals surface area contributed by atoms with E-state index >= 15 is 0 Å². The van der Waals surface area contributed by atoms with Crippen molar-refractivity contribution in [2.75, 3.05) is 26.0 Å². The van der Waals surface area contributed by atoms with Crippen LogP contribution in [0.4, 0.5) is 5.82 Å². The Labute approximate surface area is 110 Å². The minimum atomic E-state index is 0.405. The quantitative estimate of drug-likeness (QED) is 0.829. The summed E-state index contributed by atoms with van der Waals surface area (Å²) in [6.07, 6.45) is 7.76. The van der Waals surface area contributed by atoms with Gasteiger partial charge in [0, 0.05) is 23.8 Å². The van der Waals surface area contributed by atoms with Crippen LogP contribution in [0.1, 0.15) is 37.4 Å². The van der Waals surface area contributed by atoms with E-state index in [9.17, 15) is 0 Å². The van der Waals surface area contributed by atoms with Gasteiger partial charge in [-0.2, -0.15) is 0 Å². The lowest BCUT2D eigenvalue weighted by Crippen LogP contribution is -2.30. The molecule has 4 heteroatoms. The molecule has 0 saturated heterocycles. The zero-order valence-corrected chi connectivity index (χ0v) is 11.7. The molecule has 100 valence electrons. The second kappa shape index (κ2) is 6.14. The molecule has 1 aliphatic carbocycles. The number of nitrogens with one attached hydrogen (secondary N) is 1. The lowest BCUT2D eigenvalue weighted by molar-refractivity contribution is 0.391. The fourth-order valence-corrected chi connectivity index (χ4v) is 2.65. The fourth-order valence-electron chi connectivity index (χ4n) is 2.65. The van der Waals surface area contributed by atoms with Crippen molar-refractivity contribution in [3.05, 3.63) is 17.6 Å². The number of nitrogens with zero attached hydrogens (tertiary/aromatic N) is 3. The summed E-state index contributed by atoms with van der Waals surface area (Å²) in [7, 11) is 4.19.